The molecule has 0 N–H and O–H groups in total. The number of ether oxygens (including phenoxy) is 1. The quantitative estimate of drug-likeness (QED) is 0.0893. The Morgan fingerprint density at radius 1 is 0.850 bits per heavy atom. The Hall–Kier alpha value is -3.82. The minimum absolute atomic E-state index is 0.401. The lowest BCUT2D eigenvalue weighted by molar-refractivity contribution is -0.120. The average molecular weight is 552 g/mol. The van der Waals surface area contributed by atoms with Crippen molar-refractivity contribution in [1.29, 1.82) is 0 Å². The van der Waals surface area contributed by atoms with Gasteiger partial charge >= 0.3 is 0 Å². The van der Waals surface area contributed by atoms with Gasteiger partial charge in [0.15, 0.2) is 0 Å². The molecule has 0 aromatic carbocycles. The second kappa shape index (κ2) is 15.7. The normalized spacial score (nSPS) is 11.4. The molecule has 0 bridgehead atoms. The number of nitrogens with zero attached hydrogens (tertiary/aromatic N) is 3. The van der Waals surface area contributed by atoms with Crippen molar-refractivity contribution in [2.75, 3.05) is 0 Å². The molecule has 0 spiro atoms. The smallest absolute Gasteiger partial charge is 0.298 e. The van der Waals surface area contributed by atoms with Crippen LogP contribution in [-0.4, -0.2) is 21.4 Å². The zero-order valence-electron chi connectivity index (χ0n) is 23.4. The molecule has 206 valence electrons. The molecule has 4 rings (SSSR count). The van der Waals surface area contributed by atoms with E-state index in [1.807, 2.05) is 30.3 Å². The molecule has 1 atom stereocenters. The Bertz CT molecular complexity index is 1440. The summed E-state index contributed by atoms with van der Waals surface area (Å²) in [6, 6.07) is 15.2. The van der Waals surface area contributed by atoms with E-state index >= 15 is 0 Å². The molecular formula is C34H37N3O2S. The van der Waals surface area contributed by atoms with Gasteiger partial charge in [-0.25, -0.2) is 4.98 Å². The molecule has 0 fully saturated rings. The number of carbonyl (C=O) groups excluding carboxylic acids is 1. The van der Waals surface area contributed by atoms with E-state index in [1.54, 1.807) is 35.9 Å². The van der Waals surface area contributed by atoms with Gasteiger partial charge in [-0.05, 0) is 59.7 Å². The van der Waals surface area contributed by atoms with Gasteiger partial charge in [0.1, 0.15) is 5.75 Å². The highest BCUT2D eigenvalue weighted by Crippen LogP contribution is 2.27. The lowest BCUT2D eigenvalue weighted by Gasteiger charge is -2.16. The molecule has 40 heavy (non-hydrogen) atoms. The van der Waals surface area contributed by atoms with Crippen molar-refractivity contribution >= 4 is 17.8 Å². The maximum Gasteiger partial charge on any atom is 0.298 e. The van der Waals surface area contributed by atoms with Crippen LogP contribution < -0.4 is 4.74 Å². The number of carbonyl (C=O) groups is 1. The van der Waals surface area contributed by atoms with Gasteiger partial charge in [-0.2, -0.15) is 0 Å². The molecule has 0 aliphatic heterocycles. The first-order valence-corrected chi connectivity index (χ1v) is 15.2. The first-order valence-electron chi connectivity index (χ1n) is 14.3. The molecule has 1 unspecified atom stereocenters. The van der Waals surface area contributed by atoms with Crippen molar-refractivity contribution in [2.45, 2.75) is 71.6 Å². The number of aromatic nitrogens is 3. The molecule has 0 radical (unpaired) electrons. The van der Waals surface area contributed by atoms with Gasteiger partial charge < -0.3 is 4.74 Å². The molecule has 0 saturated carbocycles. The summed E-state index contributed by atoms with van der Waals surface area (Å²) in [5.74, 6) is 7.98. The Kier molecular flexibility index (Phi) is 11.4. The van der Waals surface area contributed by atoms with E-state index in [-0.39, 0.29) is 0 Å². The van der Waals surface area contributed by atoms with E-state index in [9.17, 15) is 4.79 Å². The van der Waals surface area contributed by atoms with Crippen LogP contribution in [0.1, 0.15) is 81.2 Å². The van der Waals surface area contributed by atoms with Crippen molar-refractivity contribution in [3.63, 3.8) is 0 Å². The summed E-state index contributed by atoms with van der Waals surface area (Å²) in [5, 5.41) is 2.17. The third-order valence-corrected chi connectivity index (χ3v) is 7.83. The van der Waals surface area contributed by atoms with Gasteiger partial charge in [-0.3, -0.25) is 14.8 Å². The Morgan fingerprint density at radius 2 is 1.60 bits per heavy atom. The summed E-state index contributed by atoms with van der Waals surface area (Å²) >= 11 is 1.73. The van der Waals surface area contributed by atoms with E-state index in [0.29, 0.717) is 23.6 Å². The summed E-state index contributed by atoms with van der Waals surface area (Å²) < 4.78 is 4.95. The highest BCUT2D eigenvalue weighted by Gasteiger charge is 2.13. The second-order valence-corrected chi connectivity index (χ2v) is 10.9. The number of hydrogen-bond donors (Lipinski definition) is 0. The SMILES string of the molecule is CCCCCCC(CCCC)Cc1ccsc1C#Cc1ccnc(-c2cccc(-c3cc(OC=O)ccn3)n2)c1. The van der Waals surface area contributed by atoms with Crippen LogP contribution in [-0.2, 0) is 11.2 Å². The zero-order valence-corrected chi connectivity index (χ0v) is 24.3. The molecular weight excluding hydrogens is 514 g/mol. The largest absolute Gasteiger partial charge is 0.429 e. The molecule has 0 aliphatic rings. The maximum absolute atomic E-state index is 10.7. The van der Waals surface area contributed by atoms with Crippen molar-refractivity contribution in [3.05, 3.63) is 82.3 Å². The fourth-order valence-corrected chi connectivity index (χ4v) is 5.58. The highest BCUT2D eigenvalue weighted by atomic mass is 32.1. The number of hydrogen-bond acceptors (Lipinski definition) is 6. The number of rotatable bonds is 14. The summed E-state index contributed by atoms with van der Waals surface area (Å²) in [5.41, 5.74) is 5.03. The maximum atomic E-state index is 10.7. The van der Waals surface area contributed by atoms with Crippen LogP contribution in [0.2, 0.25) is 0 Å². The lowest BCUT2D eigenvalue weighted by Crippen LogP contribution is -2.05. The zero-order chi connectivity index (χ0) is 28.0. The first-order chi connectivity index (χ1) is 19.7. The van der Waals surface area contributed by atoms with Gasteiger partial charge in [0.25, 0.3) is 6.47 Å². The highest BCUT2D eigenvalue weighted by molar-refractivity contribution is 7.10. The van der Waals surface area contributed by atoms with E-state index < -0.39 is 0 Å². The molecule has 0 amide bonds. The topological polar surface area (TPSA) is 65.0 Å². The molecule has 5 nitrogen and oxygen atoms in total. The predicted molar refractivity (Wildman–Crippen MR) is 163 cm³/mol. The first kappa shape index (κ1) is 29.2. The summed E-state index contributed by atoms with van der Waals surface area (Å²) in [6.07, 6.45) is 14.9. The van der Waals surface area contributed by atoms with Gasteiger partial charge in [-0.15, -0.1) is 11.3 Å². The lowest BCUT2D eigenvalue weighted by atomic mass is 9.89. The van der Waals surface area contributed by atoms with Crippen molar-refractivity contribution in [3.8, 4) is 40.4 Å². The van der Waals surface area contributed by atoms with Gasteiger partial charge in [-0.1, -0.05) is 83.1 Å². The van der Waals surface area contributed by atoms with Gasteiger partial charge in [0.2, 0.25) is 0 Å². The van der Waals surface area contributed by atoms with Crippen LogP contribution in [0.15, 0.2) is 66.3 Å². The van der Waals surface area contributed by atoms with Crippen molar-refractivity contribution in [1.82, 2.24) is 15.0 Å². The second-order valence-electron chi connectivity index (χ2n) is 10.0. The van der Waals surface area contributed by atoms with Gasteiger partial charge in [0.05, 0.1) is 27.7 Å². The minimum atomic E-state index is 0.401. The van der Waals surface area contributed by atoms with Crippen molar-refractivity contribution < 1.29 is 9.53 Å². The average Bonchev–Trinajstić information content (AvgIpc) is 3.44. The minimum Gasteiger partial charge on any atom is -0.429 e. The number of pyridine rings is 3. The fraction of sp³-hybridized carbons (Fsp3) is 0.353. The van der Waals surface area contributed by atoms with Gasteiger partial charge in [0, 0.05) is 24.0 Å². The number of thiophene rings is 1. The van der Waals surface area contributed by atoms with Crippen LogP contribution in [0.25, 0.3) is 22.8 Å². The van der Waals surface area contributed by atoms with E-state index in [0.717, 1.165) is 34.2 Å². The van der Waals surface area contributed by atoms with E-state index in [2.05, 4.69) is 47.1 Å². The van der Waals surface area contributed by atoms with Crippen LogP contribution in [0.4, 0.5) is 0 Å². The van der Waals surface area contributed by atoms with E-state index in [4.69, 9.17) is 9.72 Å². The Morgan fingerprint density at radius 3 is 2.38 bits per heavy atom. The summed E-state index contributed by atoms with van der Waals surface area (Å²) in [6.45, 7) is 4.96. The van der Waals surface area contributed by atoms with Crippen LogP contribution in [0.5, 0.6) is 5.75 Å². The monoisotopic (exact) mass is 551 g/mol. The predicted octanol–water partition coefficient (Wildman–Crippen LogP) is 8.52. The Labute approximate surface area is 242 Å². The van der Waals surface area contributed by atoms with Crippen LogP contribution in [0, 0.1) is 17.8 Å². The molecule has 4 aromatic heterocycles. The standard InChI is InChI=1S/C34H37N3O2S/c1-3-5-7-8-11-26(10-6-4-2)22-28-18-21-40-34(28)15-14-27-16-19-35-32(23-27)30-12-9-13-31(37-30)33-24-29(39-25-38)17-20-36-33/h9,12-13,16-21,23-26H,3-8,10-11,22H2,1-2H3. The Balaban J connectivity index is 1.49. The third-order valence-electron chi connectivity index (χ3n) is 6.96. The number of unbranched alkanes of at least 4 members (excludes halogenated alkanes) is 4. The third kappa shape index (κ3) is 8.59. The molecule has 4 heterocycles. The van der Waals surface area contributed by atoms with Crippen molar-refractivity contribution in [2.24, 2.45) is 5.92 Å². The van der Waals surface area contributed by atoms with E-state index in [1.165, 1.54) is 56.9 Å². The summed E-state index contributed by atoms with van der Waals surface area (Å²) in [4.78, 5) is 25.5. The molecule has 0 saturated heterocycles. The molecule has 0 aliphatic carbocycles. The summed E-state index contributed by atoms with van der Waals surface area (Å²) in [7, 11) is 0. The molecule has 4 aromatic rings. The molecule has 6 heteroatoms. The van der Waals surface area contributed by atoms with Crippen LogP contribution >= 0.6 is 11.3 Å². The fourth-order valence-electron chi connectivity index (χ4n) is 4.80. The van der Waals surface area contributed by atoms with Crippen LogP contribution in [0.3, 0.4) is 0 Å².